The normalized spacial score (nSPS) is 19.3. The molecule has 6 heteroatoms. The minimum atomic E-state index is -2.65. The maximum absolute atomic E-state index is 14.4. The summed E-state index contributed by atoms with van der Waals surface area (Å²) in [7, 11) is -2.65. The van der Waals surface area contributed by atoms with Crippen molar-refractivity contribution in [1.82, 2.24) is 0 Å². The summed E-state index contributed by atoms with van der Waals surface area (Å²) in [5.41, 5.74) is 0.276. The topological polar surface area (TPSA) is 65.0 Å². The summed E-state index contributed by atoms with van der Waals surface area (Å²) in [6.07, 6.45) is 2.67. The van der Waals surface area contributed by atoms with Gasteiger partial charge in [0.1, 0.15) is 5.78 Å². The predicted octanol–water partition coefficient (Wildman–Crippen LogP) is 8.75. The van der Waals surface area contributed by atoms with E-state index in [9.17, 15) is 9.90 Å². The molecule has 0 radical (unpaired) electrons. The zero-order valence-electron chi connectivity index (χ0n) is 30.9. The summed E-state index contributed by atoms with van der Waals surface area (Å²) >= 11 is 0. The lowest BCUT2D eigenvalue weighted by molar-refractivity contribution is -0.289. The second-order valence-corrected chi connectivity index (χ2v) is 20.3. The minimum Gasteiger partial charge on any atom is -0.405 e. The summed E-state index contributed by atoms with van der Waals surface area (Å²) in [4.78, 5) is 14.4. The Morgan fingerprint density at radius 3 is 1.88 bits per heavy atom. The van der Waals surface area contributed by atoms with Crippen molar-refractivity contribution in [2.75, 3.05) is 6.61 Å². The summed E-state index contributed by atoms with van der Waals surface area (Å²) in [6, 6.07) is 31.6. The minimum absolute atomic E-state index is 0. The van der Waals surface area contributed by atoms with Crippen LogP contribution in [-0.2, 0) is 25.1 Å². The second-order valence-electron chi connectivity index (χ2n) is 16.0. The van der Waals surface area contributed by atoms with Gasteiger partial charge in [0, 0.05) is 12.0 Å². The van der Waals surface area contributed by atoms with Crippen LogP contribution in [0.2, 0.25) is 5.04 Å². The molecule has 270 valence electrons. The average Bonchev–Trinajstić information content (AvgIpc) is 3.05. The van der Waals surface area contributed by atoms with Gasteiger partial charge in [0.05, 0.1) is 24.2 Å². The van der Waals surface area contributed by atoms with Crippen LogP contribution in [0.25, 0.3) is 0 Å². The van der Waals surface area contributed by atoms with E-state index in [-0.39, 0.29) is 36.4 Å². The van der Waals surface area contributed by atoms with Crippen molar-refractivity contribution in [3.05, 3.63) is 96.6 Å². The first-order valence-electron chi connectivity index (χ1n) is 18.0. The molecule has 5 nitrogen and oxygen atoms in total. The molecule has 0 aromatic heterocycles. The zero-order valence-corrected chi connectivity index (χ0v) is 31.9. The van der Waals surface area contributed by atoms with Crippen molar-refractivity contribution in [2.45, 2.75) is 131 Å². The Bertz CT molecular complexity index is 1380. The van der Waals surface area contributed by atoms with Crippen molar-refractivity contribution in [3.8, 4) is 0 Å². The first kappa shape index (κ1) is 40.8. The Balaban J connectivity index is 0.00000650. The summed E-state index contributed by atoms with van der Waals surface area (Å²) in [6.45, 7) is 19.5. The van der Waals surface area contributed by atoms with Crippen LogP contribution >= 0.6 is 0 Å². The molecule has 1 aliphatic heterocycles. The molecule has 3 aromatic carbocycles. The molecule has 1 heterocycles. The number of ether oxygens (including phenoxy) is 2. The van der Waals surface area contributed by atoms with E-state index in [0.717, 1.165) is 24.8 Å². The lowest BCUT2D eigenvalue weighted by Gasteiger charge is -2.45. The van der Waals surface area contributed by atoms with Crippen LogP contribution in [0, 0.1) is 17.3 Å². The van der Waals surface area contributed by atoms with Gasteiger partial charge in [-0.15, -0.1) is 0 Å². The molecule has 0 aliphatic carbocycles. The maximum Gasteiger partial charge on any atom is 0.261 e. The fraction of sp³-hybridized carbons (Fsp3) is 0.558. The van der Waals surface area contributed by atoms with Gasteiger partial charge in [0.25, 0.3) is 8.32 Å². The number of ketones is 1. The molecular formula is C43H64O5Si. The van der Waals surface area contributed by atoms with E-state index >= 15 is 0 Å². The van der Waals surface area contributed by atoms with Crippen LogP contribution in [0.1, 0.15) is 101 Å². The number of carbonyl (C=O) groups excluding carboxylic acids is 1. The van der Waals surface area contributed by atoms with Gasteiger partial charge in [-0.25, -0.2) is 0 Å². The van der Waals surface area contributed by atoms with Crippen LogP contribution in [0.3, 0.4) is 0 Å². The Labute approximate surface area is 298 Å². The molecule has 0 spiro atoms. The van der Waals surface area contributed by atoms with Gasteiger partial charge >= 0.3 is 0 Å². The van der Waals surface area contributed by atoms with Crippen LogP contribution in [-0.4, -0.2) is 49.9 Å². The molecule has 3 aromatic rings. The summed E-state index contributed by atoms with van der Waals surface area (Å²) in [5, 5.41) is 14.4. The van der Waals surface area contributed by atoms with E-state index in [1.165, 1.54) is 10.4 Å². The lowest BCUT2D eigenvalue weighted by atomic mass is 9.70. The van der Waals surface area contributed by atoms with E-state index in [0.29, 0.717) is 19.4 Å². The highest BCUT2D eigenvalue weighted by Gasteiger charge is 2.51. The number of aliphatic hydroxyl groups is 1. The maximum atomic E-state index is 14.4. The monoisotopic (exact) mass is 688 g/mol. The molecule has 1 fully saturated rings. The van der Waals surface area contributed by atoms with Crippen molar-refractivity contribution < 1.29 is 23.8 Å². The lowest BCUT2D eigenvalue weighted by Crippen LogP contribution is -2.67. The number of hydrogen-bond acceptors (Lipinski definition) is 5. The smallest absolute Gasteiger partial charge is 0.261 e. The van der Waals surface area contributed by atoms with Crippen LogP contribution in [0.5, 0.6) is 0 Å². The van der Waals surface area contributed by atoms with Gasteiger partial charge in [-0.1, -0.05) is 146 Å². The molecular weight excluding hydrogens is 625 g/mol. The number of carbonyl (C=O) groups is 1. The SMILES string of the molecule is C.CC(CCC[C@H](C)C(O)[C@@H](Cc1ccccc1)C(=O)C(C)(C)[C@@H]1CCOC(C)(C)O1)O[Si](c1ccccc1)(c1ccccc1)C(C)(C)C. The first-order valence-corrected chi connectivity index (χ1v) is 19.9. The van der Waals surface area contributed by atoms with E-state index in [1.807, 2.05) is 58.0 Å². The summed E-state index contributed by atoms with van der Waals surface area (Å²) < 4.78 is 19.4. The molecule has 49 heavy (non-hydrogen) atoms. The Kier molecular flexibility index (Phi) is 14.2. The quantitative estimate of drug-likeness (QED) is 0.162. The molecule has 1 saturated heterocycles. The number of benzene rings is 3. The molecule has 2 unspecified atom stereocenters. The van der Waals surface area contributed by atoms with Crippen molar-refractivity contribution in [1.29, 1.82) is 0 Å². The van der Waals surface area contributed by atoms with Gasteiger partial charge in [-0.3, -0.25) is 4.79 Å². The molecule has 4 rings (SSSR count). The highest BCUT2D eigenvalue weighted by Crippen LogP contribution is 2.40. The van der Waals surface area contributed by atoms with E-state index < -0.39 is 31.5 Å². The van der Waals surface area contributed by atoms with Crippen molar-refractivity contribution in [2.24, 2.45) is 17.3 Å². The van der Waals surface area contributed by atoms with Crippen LogP contribution in [0.15, 0.2) is 91.0 Å². The standard InChI is InChI=1S/C42H60O5Si.CH4/c1-31(20-19-21-32(2)47-48(40(3,4)5,34-24-15-11-16-25-34)35-26-17-12-18-27-35)38(43)36(30-33-22-13-10-14-23-33)39(44)41(6,7)37-28-29-45-42(8,9)46-37;/h10-18,22-27,31-32,36-38,43H,19-21,28-30H2,1-9H3;1H4/t31-,32?,36+,37-,38?;/m0./s1. The molecule has 1 aliphatic rings. The Morgan fingerprint density at radius 1 is 0.878 bits per heavy atom. The van der Waals surface area contributed by atoms with Gasteiger partial charge in [0.15, 0.2) is 5.79 Å². The third-order valence-corrected chi connectivity index (χ3v) is 15.6. The summed E-state index contributed by atoms with van der Waals surface area (Å²) in [5.74, 6) is -1.30. The van der Waals surface area contributed by atoms with Gasteiger partial charge in [-0.05, 0) is 73.3 Å². The first-order chi connectivity index (χ1) is 22.6. The molecule has 0 saturated carbocycles. The molecule has 0 amide bonds. The molecule has 1 N–H and O–H groups in total. The van der Waals surface area contributed by atoms with Gasteiger partial charge in [0.2, 0.25) is 0 Å². The Hall–Kier alpha value is -2.61. The van der Waals surface area contributed by atoms with Crippen LogP contribution < -0.4 is 10.4 Å². The molecule has 5 atom stereocenters. The molecule has 0 bridgehead atoms. The fourth-order valence-corrected chi connectivity index (χ4v) is 12.3. The average molecular weight is 689 g/mol. The fourth-order valence-electron chi connectivity index (χ4n) is 7.58. The van der Waals surface area contributed by atoms with Crippen LogP contribution in [0.4, 0.5) is 0 Å². The number of aliphatic hydroxyl groups excluding tert-OH is 1. The van der Waals surface area contributed by atoms with E-state index in [1.54, 1.807) is 0 Å². The Morgan fingerprint density at radius 2 is 1.39 bits per heavy atom. The van der Waals surface area contributed by atoms with Gasteiger partial charge < -0.3 is 19.0 Å². The number of hydrogen-bond donors (Lipinski definition) is 1. The number of rotatable bonds is 15. The second kappa shape index (κ2) is 17.1. The highest BCUT2D eigenvalue weighted by molar-refractivity contribution is 6.99. The zero-order chi connectivity index (χ0) is 35.2. The van der Waals surface area contributed by atoms with Gasteiger partial charge in [-0.2, -0.15) is 0 Å². The van der Waals surface area contributed by atoms with Crippen molar-refractivity contribution in [3.63, 3.8) is 0 Å². The van der Waals surface area contributed by atoms with E-state index in [2.05, 4.69) is 95.3 Å². The van der Waals surface area contributed by atoms with E-state index in [4.69, 9.17) is 13.9 Å². The third kappa shape index (κ3) is 9.80. The third-order valence-electron chi connectivity index (χ3n) is 10.4. The predicted molar refractivity (Wildman–Crippen MR) is 206 cm³/mol. The number of Topliss-reactive ketones (excluding diaryl/α,β-unsaturated/α-hetero) is 1. The largest absolute Gasteiger partial charge is 0.405 e. The van der Waals surface area contributed by atoms with Crippen molar-refractivity contribution >= 4 is 24.5 Å². The highest BCUT2D eigenvalue weighted by atomic mass is 28.4.